The zero-order valence-corrected chi connectivity index (χ0v) is 14.0. The molecule has 3 fully saturated rings. The summed E-state index contributed by atoms with van der Waals surface area (Å²) in [5.74, 6) is -0.780. The third kappa shape index (κ3) is 2.38. The van der Waals surface area contributed by atoms with Crippen LogP contribution in [0.3, 0.4) is 0 Å². The Morgan fingerprint density at radius 3 is 2.76 bits per heavy atom. The molecule has 3 aliphatic rings. The quantitative estimate of drug-likeness (QED) is 0.909. The number of anilines is 1. The molecule has 2 atom stereocenters. The summed E-state index contributed by atoms with van der Waals surface area (Å²) in [4.78, 5) is 14.0. The Balaban J connectivity index is 1.66. The molecule has 0 spiro atoms. The van der Waals surface area contributed by atoms with E-state index in [1.165, 1.54) is 12.1 Å². The summed E-state index contributed by atoms with van der Waals surface area (Å²) in [5.41, 5.74) is -0.0362. The molecule has 5 rings (SSSR count). The van der Waals surface area contributed by atoms with Crippen LogP contribution in [-0.4, -0.2) is 30.2 Å². The highest BCUT2D eigenvalue weighted by Crippen LogP contribution is 2.40. The summed E-state index contributed by atoms with van der Waals surface area (Å²) in [6.45, 7) is 2.25. The van der Waals surface area contributed by atoms with E-state index in [4.69, 9.17) is 0 Å². The molecule has 0 bridgehead atoms. The van der Waals surface area contributed by atoms with Crippen LogP contribution in [0.5, 0.6) is 0 Å². The van der Waals surface area contributed by atoms with Gasteiger partial charge < -0.3 is 14.8 Å². The monoisotopic (exact) mass is 345 g/mol. The first kappa shape index (κ1) is 15.3. The van der Waals surface area contributed by atoms with Gasteiger partial charge in [-0.15, -0.1) is 0 Å². The number of hydrogen-bond acceptors (Lipinski definition) is 3. The maximum atomic E-state index is 15.4. The normalized spacial score (nSPS) is 26.2. The molecule has 3 heterocycles. The molecule has 132 valence electrons. The van der Waals surface area contributed by atoms with Crippen molar-refractivity contribution in [1.82, 2.24) is 9.88 Å². The van der Waals surface area contributed by atoms with Crippen molar-refractivity contribution in [2.45, 2.75) is 37.8 Å². The number of benzene rings is 1. The molecule has 6 heteroatoms. The van der Waals surface area contributed by atoms with E-state index < -0.39 is 11.6 Å². The molecule has 0 unspecified atom stereocenters. The second kappa shape index (κ2) is 5.53. The van der Waals surface area contributed by atoms with Crippen molar-refractivity contribution in [2.24, 2.45) is 5.92 Å². The number of aromatic nitrogens is 1. The van der Waals surface area contributed by atoms with Crippen molar-refractivity contribution in [3.05, 3.63) is 40.2 Å². The minimum atomic E-state index is -0.630. The van der Waals surface area contributed by atoms with Gasteiger partial charge in [0.15, 0.2) is 11.2 Å². The lowest BCUT2D eigenvalue weighted by Gasteiger charge is -2.24. The van der Waals surface area contributed by atoms with Gasteiger partial charge in [-0.1, -0.05) is 0 Å². The van der Waals surface area contributed by atoms with Crippen molar-refractivity contribution in [1.29, 1.82) is 0 Å². The summed E-state index contributed by atoms with van der Waals surface area (Å²) in [5, 5.41) is 3.61. The lowest BCUT2D eigenvalue weighted by molar-refractivity contribution is 0.340. The van der Waals surface area contributed by atoms with Crippen molar-refractivity contribution in [3.8, 4) is 0 Å². The molecule has 1 N–H and O–H groups in total. The molecule has 25 heavy (non-hydrogen) atoms. The summed E-state index contributed by atoms with van der Waals surface area (Å²) in [6, 6.07) is 3.15. The number of pyridine rings is 1. The highest BCUT2D eigenvalue weighted by molar-refractivity contribution is 5.84. The summed E-state index contributed by atoms with van der Waals surface area (Å²) < 4.78 is 32.0. The number of rotatable bonds is 2. The van der Waals surface area contributed by atoms with Gasteiger partial charge in [-0.25, -0.2) is 8.78 Å². The lowest BCUT2D eigenvalue weighted by Crippen LogP contribution is -2.40. The zero-order chi connectivity index (χ0) is 17.1. The summed E-state index contributed by atoms with van der Waals surface area (Å²) >= 11 is 0. The van der Waals surface area contributed by atoms with Crippen molar-refractivity contribution in [2.75, 3.05) is 24.5 Å². The average molecular weight is 345 g/mol. The highest BCUT2D eigenvalue weighted by Gasteiger charge is 2.37. The Kier molecular flexibility index (Phi) is 3.39. The van der Waals surface area contributed by atoms with Gasteiger partial charge in [-0.2, -0.15) is 0 Å². The van der Waals surface area contributed by atoms with Gasteiger partial charge in [0.25, 0.3) is 0 Å². The van der Waals surface area contributed by atoms with Crippen LogP contribution >= 0.6 is 0 Å². The smallest absolute Gasteiger partial charge is 0.189 e. The third-order valence-electron chi connectivity index (χ3n) is 5.93. The number of nitrogens with zero attached hydrogens (tertiary/aromatic N) is 2. The number of halogens is 2. The molecule has 0 radical (unpaired) electrons. The third-order valence-corrected chi connectivity index (χ3v) is 5.93. The van der Waals surface area contributed by atoms with E-state index in [9.17, 15) is 9.18 Å². The second-order valence-corrected chi connectivity index (χ2v) is 7.60. The molecule has 2 aliphatic heterocycles. The fourth-order valence-electron chi connectivity index (χ4n) is 4.53. The molecular formula is C19H21F2N3O. The first-order chi connectivity index (χ1) is 12.1. The zero-order valence-electron chi connectivity index (χ0n) is 14.0. The van der Waals surface area contributed by atoms with E-state index in [1.54, 1.807) is 6.20 Å². The van der Waals surface area contributed by atoms with Crippen LogP contribution in [0.25, 0.3) is 10.9 Å². The lowest BCUT2D eigenvalue weighted by atomic mass is 9.94. The van der Waals surface area contributed by atoms with Crippen LogP contribution < -0.4 is 15.6 Å². The number of hydrogen-bond donors (Lipinski definition) is 1. The van der Waals surface area contributed by atoms with Gasteiger partial charge in [0.2, 0.25) is 0 Å². The molecule has 1 aromatic heterocycles. The topological polar surface area (TPSA) is 37.3 Å². The van der Waals surface area contributed by atoms with Crippen LogP contribution in [-0.2, 0) is 0 Å². The average Bonchev–Trinajstić information content (AvgIpc) is 3.35. The Morgan fingerprint density at radius 1 is 1.16 bits per heavy atom. The first-order valence-corrected chi connectivity index (χ1v) is 9.14. The molecule has 4 nitrogen and oxygen atoms in total. The predicted molar refractivity (Wildman–Crippen MR) is 93.1 cm³/mol. The number of fused-ring (bicyclic) bond motifs is 2. The fraction of sp³-hybridized carbons (Fsp3) is 0.526. The Hall–Kier alpha value is -1.95. The van der Waals surface area contributed by atoms with E-state index in [-0.39, 0.29) is 28.1 Å². The van der Waals surface area contributed by atoms with Crippen LogP contribution in [0.4, 0.5) is 14.5 Å². The highest BCUT2D eigenvalue weighted by atomic mass is 19.1. The van der Waals surface area contributed by atoms with Crippen molar-refractivity contribution in [3.63, 3.8) is 0 Å². The summed E-state index contributed by atoms with van der Waals surface area (Å²) in [7, 11) is 0. The number of piperidine rings is 1. The molecular weight excluding hydrogens is 324 g/mol. The van der Waals surface area contributed by atoms with E-state index in [0.717, 1.165) is 32.2 Å². The Bertz CT molecular complexity index is 892. The van der Waals surface area contributed by atoms with Crippen LogP contribution in [0.2, 0.25) is 0 Å². The number of nitrogens with one attached hydrogen (secondary N) is 1. The fourth-order valence-corrected chi connectivity index (χ4v) is 4.53. The first-order valence-electron chi connectivity index (χ1n) is 9.14. The van der Waals surface area contributed by atoms with E-state index in [2.05, 4.69) is 5.32 Å². The van der Waals surface area contributed by atoms with Gasteiger partial charge in [0.1, 0.15) is 11.5 Å². The van der Waals surface area contributed by atoms with E-state index >= 15 is 4.39 Å². The second-order valence-electron chi connectivity index (χ2n) is 7.60. The molecule has 1 aliphatic carbocycles. The predicted octanol–water partition coefficient (Wildman–Crippen LogP) is 2.80. The molecule has 1 saturated carbocycles. The maximum Gasteiger partial charge on any atom is 0.189 e. The van der Waals surface area contributed by atoms with Gasteiger partial charge >= 0.3 is 0 Å². The van der Waals surface area contributed by atoms with Crippen molar-refractivity contribution < 1.29 is 8.78 Å². The molecule has 2 saturated heterocycles. The van der Waals surface area contributed by atoms with Gasteiger partial charge in [0, 0.05) is 37.4 Å². The van der Waals surface area contributed by atoms with Crippen molar-refractivity contribution >= 4 is 16.6 Å². The standard InChI is InChI=1S/C19H21F2N3O/c20-14-8-13-16(25)5-7-24(12-3-4-12)18(13)17(21)19(14)23-9-11-2-1-6-22-15(11)10-23/h5,7-8,11-12,15,22H,1-4,6,9-10H2/t11-,15+/m1/s1. The largest absolute Gasteiger partial charge is 0.365 e. The molecule has 0 amide bonds. The molecule has 2 aromatic rings. The Morgan fingerprint density at radius 2 is 2.00 bits per heavy atom. The summed E-state index contributed by atoms with van der Waals surface area (Å²) in [6.07, 6.45) is 5.80. The van der Waals surface area contributed by atoms with E-state index in [1.807, 2.05) is 9.47 Å². The van der Waals surface area contributed by atoms with E-state index in [0.29, 0.717) is 25.0 Å². The van der Waals surface area contributed by atoms with Crippen LogP contribution in [0.1, 0.15) is 31.7 Å². The van der Waals surface area contributed by atoms with Gasteiger partial charge in [-0.3, -0.25) is 4.79 Å². The molecule has 1 aromatic carbocycles. The van der Waals surface area contributed by atoms with Gasteiger partial charge in [0.05, 0.1) is 10.9 Å². The maximum absolute atomic E-state index is 15.4. The van der Waals surface area contributed by atoms with Gasteiger partial charge in [-0.05, 0) is 44.2 Å². The minimum Gasteiger partial charge on any atom is -0.365 e. The van der Waals surface area contributed by atoms with Crippen LogP contribution in [0, 0.1) is 17.6 Å². The Labute approximate surface area is 144 Å². The minimum absolute atomic E-state index is 0.0312. The van der Waals surface area contributed by atoms with Crippen LogP contribution in [0.15, 0.2) is 23.1 Å². The SMILES string of the molecule is O=c1ccn(C2CC2)c2c(F)c(N3C[C@H]4CCCN[C@H]4C3)c(F)cc12.